The summed E-state index contributed by atoms with van der Waals surface area (Å²) in [6.07, 6.45) is 2.68. The Morgan fingerprint density at radius 1 is 1.44 bits per heavy atom. The van der Waals surface area contributed by atoms with Crippen molar-refractivity contribution in [3.05, 3.63) is 0 Å². The molecule has 2 fully saturated rings. The molecular formula is C12H21N3O3. The van der Waals surface area contributed by atoms with Gasteiger partial charge in [-0.05, 0) is 31.8 Å². The van der Waals surface area contributed by atoms with Crippen molar-refractivity contribution in [3.63, 3.8) is 0 Å². The van der Waals surface area contributed by atoms with Gasteiger partial charge in [0.25, 0.3) is 0 Å². The summed E-state index contributed by atoms with van der Waals surface area (Å²) in [5, 5.41) is 3.29. The summed E-state index contributed by atoms with van der Waals surface area (Å²) in [7, 11) is 0. The van der Waals surface area contributed by atoms with Gasteiger partial charge in [-0.15, -0.1) is 0 Å². The summed E-state index contributed by atoms with van der Waals surface area (Å²) in [6.45, 7) is 3.10. The van der Waals surface area contributed by atoms with Crippen LogP contribution in [0.15, 0.2) is 0 Å². The highest BCUT2D eigenvalue weighted by Gasteiger charge is 2.32. The van der Waals surface area contributed by atoms with E-state index in [4.69, 9.17) is 10.5 Å². The molecule has 6 nitrogen and oxygen atoms in total. The first-order valence-electron chi connectivity index (χ1n) is 6.55. The van der Waals surface area contributed by atoms with Crippen molar-refractivity contribution in [1.29, 1.82) is 0 Å². The lowest BCUT2D eigenvalue weighted by molar-refractivity contribution is -0.148. The second-order valence-electron chi connectivity index (χ2n) is 5.00. The number of carbonyl (C=O) groups excluding carboxylic acids is 2. The first kappa shape index (κ1) is 13.3. The van der Waals surface area contributed by atoms with Gasteiger partial charge in [-0.25, -0.2) is 0 Å². The topological polar surface area (TPSA) is 84.7 Å². The van der Waals surface area contributed by atoms with Crippen molar-refractivity contribution in [3.8, 4) is 0 Å². The third-order valence-electron chi connectivity index (χ3n) is 3.64. The van der Waals surface area contributed by atoms with Crippen molar-refractivity contribution in [1.82, 2.24) is 10.2 Å². The van der Waals surface area contributed by atoms with Gasteiger partial charge in [0.15, 0.2) is 0 Å². The van der Waals surface area contributed by atoms with Crippen molar-refractivity contribution in [2.45, 2.75) is 25.3 Å². The molecule has 102 valence electrons. The number of nitrogens with zero attached hydrogens (tertiary/aromatic N) is 1. The fourth-order valence-corrected chi connectivity index (χ4v) is 2.60. The molecule has 0 aromatic carbocycles. The lowest BCUT2D eigenvalue weighted by atomic mass is 9.95. The van der Waals surface area contributed by atoms with Crippen LogP contribution in [0.3, 0.4) is 0 Å². The molecule has 2 heterocycles. The van der Waals surface area contributed by atoms with E-state index in [9.17, 15) is 9.59 Å². The van der Waals surface area contributed by atoms with Crippen LogP contribution in [0.1, 0.15) is 19.3 Å². The predicted octanol–water partition coefficient (Wildman–Crippen LogP) is -0.911. The van der Waals surface area contributed by atoms with Crippen molar-refractivity contribution in [2.75, 3.05) is 32.8 Å². The highest BCUT2D eigenvalue weighted by Crippen LogP contribution is 2.17. The molecular weight excluding hydrogens is 234 g/mol. The molecule has 2 amide bonds. The van der Waals surface area contributed by atoms with E-state index in [0.29, 0.717) is 25.5 Å². The molecule has 2 atom stereocenters. The highest BCUT2D eigenvalue weighted by atomic mass is 16.5. The van der Waals surface area contributed by atoms with Crippen LogP contribution in [0.5, 0.6) is 0 Å². The Balaban J connectivity index is 1.91. The van der Waals surface area contributed by atoms with Crippen molar-refractivity contribution >= 4 is 11.8 Å². The average molecular weight is 255 g/mol. The van der Waals surface area contributed by atoms with Crippen LogP contribution >= 0.6 is 0 Å². The SMILES string of the molecule is NC(=O)C1COCCN1C(=O)CC1CCCNC1. The molecule has 2 unspecified atom stereocenters. The van der Waals surface area contributed by atoms with Crippen LogP contribution in [0, 0.1) is 5.92 Å². The largest absolute Gasteiger partial charge is 0.377 e. The third kappa shape index (κ3) is 3.20. The lowest BCUT2D eigenvalue weighted by Crippen LogP contribution is -2.55. The van der Waals surface area contributed by atoms with E-state index < -0.39 is 11.9 Å². The van der Waals surface area contributed by atoms with Gasteiger partial charge in [0.2, 0.25) is 11.8 Å². The van der Waals surface area contributed by atoms with Gasteiger partial charge in [0, 0.05) is 13.0 Å². The number of hydrogen-bond donors (Lipinski definition) is 2. The van der Waals surface area contributed by atoms with Crippen LogP contribution in [-0.4, -0.2) is 55.6 Å². The Labute approximate surface area is 107 Å². The van der Waals surface area contributed by atoms with Crippen LogP contribution in [-0.2, 0) is 14.3 Å². The van der Waals surface area contributed by atoms with E-state index in [-0.39, 0.29) is 12.5 Å². The number of amides is 2. The Bertz CT molecular complexity index is 316. The molecule has 0 radical (unpaired) electrons. The molecule has 2 saturated heterocycles. The van der Waals surface area contributed by atoms with Gasteiger partial charge in [0.05, 0.1) is 13.2 Å². The minimum absolute atomic E-state index is 0.0239. The van der Waals surface area contributed by atoms with Crippen LogP contribution in [0.2, 0.25) is 0 Å². The van der Waals surface area contributed by atoms with Gasteiger partial charge in [0.1, 0.15) is 6.04 Å². The predicted molar refractivity (Wildman–Crippen MR) is 65.7 cm³/mol. The van der Waals surface area contributed by atoms with Crippen molar-refractivity contribution in [2.24, 2.45) is 11.7 Å². The first-order chi connectivity index (χ1) is 8.68. The van der Waals surface area contributed by atoms with Gasteiger partial charge in [-0.3, -0.25) is 9.59 Å². The Morgan fingerprint density at radius 2 is 2.28 bits per heavy atom. The van der Waals surface area contributed by atoms with E-state index in [1.807, 2.05) is 0 Å². The quantitative estimate of drug-likeness (QED) is 0.683. The van der Waals surface area contributed by atoms with E-state index in [1.165, 1.54) is 0 Å². The zero-order valence-corrected chi connectivity index (χ0v) is 10.6. The number of morpholine rings is 1. The Kier molecular flexibility index (Phi) is 4.54. The second-order valence-corrected chi connectivity index (χ2v) is 5.00. The van der Waals surface area contributed by atoms with E-state index in [1.54, 1.807) is 4.90 Å². The summed E-state index contributed by atoms with van der Waals surface area (Å²) >= 11 is 0. The van der Waals surface area contributed by atoms with E-state index >= 15 is 0 Å². The third-order valence-corrected chi connectivity index (χ3v) is 3.64. The van der Waals surface area contributed by atoms with Crippen molar-refractivity contribution < 1.29 is 14.3 Å². The number of ether oxygens (including phenoxy) is 1. The molecule has 0 aromatic heterocycles. The summed E-state index contributed by atoms with van der Waals surface area (Å²) in [6, 6.07) is -0.595. The van der Waals surface area contributed by atoms with Gasteiger partial charge < -0.3 is 20.7 Å². The van der Waals surface area contributed by atoms with Crippen LogP contribution in [0.4, 0.5) is 0 Å². The molecule has 0 saturated carbocycles. The summed E-state index contributed by atoms with van der Waals surface area (Å²) in [5.74, 6) is -0.0803. The standard InChI is InChI=1S/C12H21N3O3/c13-12(17)10-8-18-5-4-15(10)11(16)6-9-2-1-3-14-7-9/h9-10,14H,1-8H2,(H2,13,17). The van der Waals surface area contributed by atoms with Crippen LogP contribution < -0.4 is 11.1 Å². The zero-order valence-electron chi connectivity index (χ0n) is 10.6. The Morgan fingerprint density at radius 3 is 2.94 bits per heavy atom. The first-order valence-corrected chi connectivity index (χ1v) is 6.55. The van der Waals surface area contributed by atoms with Gasteiger partial charge in [-0.1, -0.05) is 0 Å². The molecule has 6 heteroatoms. The molecule has 0 bridgehead atoms. The van der Waals surface area contributed by atoms with E-state index in [0.717, 1.165) is 25.9 Å². The molecule has 2 aliphatic heterocycles. The summed E-state index contributed by atoms with van der Waals surface area (Å²) in [4.78, 5) is 25.1. The fourth-order valence-electron chi connectivity index (χ4n) is 2.60. The maximum Gasteiger partial charge on any atom is 0.242 e. The fraction of sp³-hybridized carbons (Fsp3) is 0.833. The second kappa shape index (κ2) is 6.15. The van der Waals surface area contributed by atoms with E-state index in [2.05, 4.69) is 5.32 Å². The molecule has 0 spiro atoms. The summed E-state index contributed by atoms with van der Waals surface area (Å²) < 4.78 is 5.21. The molecule has 0 aromatic rings. The number of hydrogen-bond acceptors (Lipinski definition) is 4. The number of nitrogens with two attached hydrogens (primary N) is 1. The number of piperidine rings is 1. The van der Waals surface area contributed by atoms with Gasteiger partial charge in [-0.2, -0.15) is 0 Å². The number of nitrogens with one attached hydrogen (secondary N) is 1. The molecule has 18 heavy (non-hydrogen) atoms. The maximum absolute atomic E-state index is 12.2. The highest BCUT2D eigenvalue weighted by molar-refractivity contribution is 5.87. The Hall–Kier alpha value is -1.14. The number of carbonyl (C=O) groups is 2. The minimum atomic E-state index is -0.595. The average Bonchev–Trinajstić information content (AvgIpc) is 2.40. The number of rotatable bonds is 3. The zero-order chi connectivity index (χ0) is 13.0. The maximum atomic E-state index is 12.2. The molecule has 0 aliphatic carbocycles. The molecule has 2 rings (SSSR count). The minimum Gasteiger partial charge on any atom is -0.377 e. The molecule has 2 aliphatic rings. The van der Waals surface area contributed by atoms with Gasteiger partial charge >= 0.3 is 0 Å². The smallest absolute Gasteiger partial charge is 0.242 e. The summed E-state index contributed by atoms with van der Waals surface area (Å²) in [5.41, 5.74) is 5.30. The number of primary amides is 1. The normalized spacial score (nSPS) is 29.0. The monoisotopic (exact) mass is 255 g/mol. The molecule has 3 N–H and O–H groups in total. The lowest BCUT2D eigenvalue weighted by Gasteiger charge is -2.35. The van der Waals surface area contributed by atoms with Crippen LogP contribution in [0.25, 0.3) is 0 Å².